The molecular weight excluding hydrogens is 358 g/mol. The highest BCUT2D eigenvalue weighted by molar-refractivity contribution is 7.09. The Morgan fingerprint density at radius 1 is 1.22 bits per heavy atom. The van der Waals surface area contributed by atoms with Gasteiger partial charge in [-0.3, -0.25) is 4.79 Å². The second kappa shape index (κ2) is 7.26. The molecule has 0 aliphatic carbocycles. The highest BCUT2D eigenvalue weighted by atomic mass is 32.1. The Morgan fingerprint density at radius 3 is 2.74 bits per heavy atom. The van der Waals surface area contributed by atoms with Gasteiger partial charge in [0.05, 0.1) is 0 Å². The molecule has 0 amide bonds. The van der Waals surface area contributed by atoms with Crippen molar-refractivity contribution >= 4 is 34.2 Å². The molecule has 0 bridgehead atoms. The average molecular weight is 375 g/mol. The lowest BCUT2D eigenvalue weighted by Crippen LogP contribution is -1.98. The molecule has 0 fully saturated rings. The summed E-state index contributed by atoms with van der Waals surface area (Å²) in [7, 11) is 0. The van der Waals surface area contributed by atoms with Gasteiger partial charge < -0.3 is 10.1 Å². The van der Waals surface area contributed by atoms with Gasteiger partial charge in [0.25, 0.3) is 0 Å². The Hall–Kier alpha value is -3.09. The van der Waals surface area contributed by atoms with E-state index >= 15 is 0 Å². The third kappa shape index (κ3) is 3.58. The molecule has 1 aromatic carbocycles. The van der Waals surface area contributed by atoms with Gasteiger partial charge in [-0.2, -0.15) is 0 Å². The first-order valence-corrected chi connectivity index (χ1v) is 9.33. The number of H-pyrrole nitrogens is 1. The molecule has 0 radical (unpaired) electrons. The summed E-state index contributed by atoms with van der Waals surface area (Å²) in [6.45, 7) is 1.52. The summed E-state index contributed by atoms with van der Waals surface area (Å²) in [4.78, 5) is 23.0. The van der Waals surface area contributed by atoms with Crippen LogP contribution in [-0.2, 0) is 4.79 Å². The molecular formula is C21H17N3O2S. The SMILES string of the molecule is CC(=O)/C=C\c1c[nH]c2ncc(-c3ccc(C(O)c4nccs4)cc3)cc12. The average Bonchev–Trinajstić information content (AvgIpc) is 3.35. The molecule has 3 heterocycles. The van der Waals surface area contributed by atoms with Crippen molar-refractivity contribution < 1.29 is 9.90 Å². The first kappa shape index (κ1) is 17.3. The Balaban J connectivity index is 1.65. The predicted octanol–water partition coefficient (Wildman–Crippen LogP) is 4.37. The van der Waals surface area contributed by atoms with Crippen LogP contribution in [0.25, 0.3) is 28.2 Å². The topological polar surface area (TPSA) is 78.9 Å². The quantitative estimate of drug-likeness (QED) is 0.508. The molecule has 1 atom stereocenters. The number of carbonyl (C=O) groups is 1. The Labute approximate surface area is 160 Å². The van der Waals surface area contributed by atoms with Crippen LogP contribution in [0.5, 0.6) is 0 Å². The maximum absolute atomic E-state index is 11.2. The molecule has 0 aliphatic heterocycles. The first-order chi connectivity index (χ1) is 13.1. The monoisotopic (exact) mass is 375 g/mol. The second-order valence-corrected chi connectivity index (χ2v) is 7.13. The molecule has 0 spiro atoms. The van der Waals surface area contributed by atoms with Crippen LogP contribution in [-0.4, -0.2) is 25.8 Å². The lowest BCUT2D eigenvalue weighted by atomic mass is 10.0. The number of fused-ring (bicyclic) bond motifs is 1. The molecule has 134 valence electrons. The van der Waals surface area contributed by atoms with Crippen molar-refractivity contribution in [2.45, 2.75) is 13.0 Å². The van der Waals surface area contributed by atoms with Crippen molar-refractivity contribution in [2.24, 2.45) is 0 Å². The summed E-state index contributed by atoms with van der Waals surface area (Å²) in [6, 6.07) is 9.78. The van der Waals surface area contributed by atoms with Crippen LogP contribution in [0.15, 0.2) is 60.4 Å². The predicted molar refractivity (Wildman–Crippen MR) is 107 cm³/mol. The van der Waals surface area contributed by atoms with Gasteiger partial charge in [-0.05, 0) is 36.3 Å². The van der Waals surface area contributed by atoms with E-state index in [1.54, 1.807) is 18.3 Å². The molecule has 4 aromatic rings. The number of aromatic amines is 1. The minimum atomic E-state index is -0.715. The third-order valence-corrected chi connectivity index (χ3v) is 5.13. The maximum Gasteiger partial charge on any atom is 0.152 e. The lowest BCUT2D eigenvalue weighted by molar-refractivity contribution is -0.112. The summed E-state index contributed by atoms with van der Waals surface area (Å²) >= 11 is 1.43. The van der Waals surface area contributed by atoms with Gasteiger partial charge in [0.15, 0.2) is 5.78 Å². The largest absolute Gasteiger partial charge is 0.381 e. The first-order valence-electron chi connectivity index (χ1n) is 8.45. The molecule has 2 N–H and O–H groups in total. The number of aliphatic hydroxyl groups excluding tert-OH is 1. The van der Waals surface area contributed by atoms with Gasteiger partial charge in [0, 0.05) is 40.5 Å². The van der Waals surface area contributed by atoms with Gasteiger partial charge >= 0.3 is 0 Å². The normalized spacial score (nSPS) is 12.7. The van der Waals surface area contributed by atoms with Crippen molar-refractivity contribution in [3.05, 3.63) is 76.5 Å². The van der Waals surface area contributed by atoms with Crippen molar-refractivity contribution in [1.82, 2.24) is 15.0 Å². The van der Waals surface area contributed by atoms with E-state index in [0.717, 1.165) is 33.3 Å². The van der Waals surface area contributed by atoms with Crippen LogP contribution < -0.4 is 0 Å². The molecule has 3 aromatic heterocycles. The zero-order chi connectivity index (χ0) is 18.8. The van der Waals surface area contributed by atoms with Crippen LogP contribution in [0.1, 0.15) is 29.2 Å². The zero-order valence-electron chi connectivity index (χ0n) is 14.6. The van der Waals surface area contributed by atoms with E-state index in [0.29, 0.717) is 5.01 Å². The van der Waals surface area contributed by atoms with E-state index in [-0.39, 0.29) is 5.78 Å². The molecule has 0 saturated heterocycles. The van der Waals surface area contributed by atoms with Crippen LogP contribution in [0.4, 0.5) is 0 Å². The maximum atomic E-state index is 11.2. The molecule has 5 nitrogen and oxygen atoms in total. The van der Waals surface area contributed by atoms with Gasteiger partial charge in [-0.25, -0.2) is 9.97 Å². The number of ketones is 1. The lowest BCUT2D eigenvalue weighted by Gasteiger charge is -2.09. The molecule has 4 rings (SSSR count). The number of allylic oxidation sites excluding steroid dienone is 1. The molecule has 1 unspecified atom stereocenters. The van der Waals surface area contributed by atoms with Crippen LogP contribution in [0.2, 0.25) is 0 Å². The van der Waals surface area contributed by atoms with E-state index in [1.807, 2.05) is 48.1 Å². The number of nitrogens with one attached hydrogen (secondary N) is 1. The van der Waals surface area contributed by atoms with E-state index in [1.165, 1.54) is 18.3 Å². The zero-order valence-corrected chi connectivity index (χ0v) is 15.4. The van der Waals surface area contributed by atoms with Crippen molar-refractivity contribution in [3.8, 4) is 11.1 Å². The Morgan fingerprint density at radius 2 is 2.04 bits per heavy atom. The van der Waals surface area contributed by atoms with Crippen LogP contribution in [0.3, 0.4) is 0 Å². The van der Waals surface area contributed by atoms with Gasteiger partial charge in [0.1, 0.15) is 16.8 Å². The highest BCUT2D eigenvalue weighted by Crippen LogP contribution is 2.28. The Bertz CT molecular complexity index is 1110. The number of nitrogens with zero attached hydrogens (tertiary/aromatic N) is 2. The molecule has 0 aliphatic rings. The number of benzene rings is 1. The number of aromatic nitrogens is 3. The number of thiazole rings is 1. The number of carbonyl (C=O) groups excluding carboxylic acids is 1. The van der Waals surface area contributed by atoms with E-state index in [2.05, 4.69) is 15.0 Å². The minimum absolute atomic E-state index is 0.00263. The third-order valence-electron chi connectivity index (χ3n) is 4.31. The summed E-state index contributed by atoms with van der Waals surface area (Å²) in [6.07, 6.45) is 7.96. The minimum Gasteiger partial charge on any atom is -0.381 e. The van der Waals surface area contributed by atoms with Crippen molar-refractivity contribution in [3.63, 3.8) is 0 Å². The van der Waals surface area contributed by atoms with E-state index in [9.17, 15) is 9.90 Å². The summed E-state index contributed by atoms with van der Waals surface area (Å²) < 4.78 is 0. The van der Waals surface area contributed by atoms with Gasteiger partial charge in [0.2, 0.25) is 0 Å². The fraction of sp³-hybridized carbons (Fsp3) is 0.0952. The highest BCUT2D eigenvalue weighted by Gasteiger charge is 2.13. The van der Waals surface area contributed by atoms with E-state index < -0.39 is 6.10 Å². The van der Waals surface area contributed by atoms with Crippen molar-refractivity contribution in [2.75, 3.05) is 0 Å². The number of pyridine rings is 1. The van der Waals surface area contributed by atoms with Gasteiger partial charge in [-0.1, -0.05) is 24.3 Å². The van der Waals surface area contributed by atoms with Crippen LogP contribution >= 0.6 is 11.3 Å². The molecule has 27 heavy (non-hydrogen) atoms. The second-order valence-electron chi connectivity index (χ2n) is 6.20. The number of aliphatic hydroxyl groups is 1. The number of hydrogen-bond donors (Lipinski definition) is 2. The Kier molecular flexibility index (Phi) is 4.66. The summed E-state index contributed by atoms with van der Waals surface area (Å²) in [5, 5.41) is 13.9. The number of rotatable bonds is 5. The molecule has 0 saturated carbocycles. The standard InChI is InChI=1S/C21H17N3O2S/c1-13(25)2-3-16-11-23-20-18(16)10-17(12-24-20)14-4-6-15(7-5-14)19(26)21-22-8-9-27-21/h2-12,19,26H,1H3,(H,23,24)/b3-2-. The summed E-state index contributed by atoms with van der Waals surface area (Å²) in [5.41, 5.74) is 4.47. The molecule has 6 heteroatoms. The van der Waals surface area contributed by atoms with Crippen molar-refractivity contribution in [1.29, 1.82) is 0 Å². The number of hydrogen-bond acceptors (Lipinski definition) is 5. The fourth-order valence-electron chi connectivity index (χ4n) is 2.90. The van der Waals surface area contributed by atoms with Crippen LogP contribution in [0, 0.1) is 0 Å². The van der Waals surface area contributed by atoms with Gasteiger partial charge in [-0.15, -0.1) is 11.3 Å². The van der Waals surface area contributed by atoms with E-state index in [4.69, 9.17) is 0 Å². The smallest absolute Gasteiger partial charge is 0.152 e. The fourth-order valence-corrected chi connectivity index (χ4v) is 3.54. The summed E-state index contributed by atoms with van der Waals surface area (Å²) in [5.74, 6) is 0.00263.